The molecule has 1 N–H and O–H groups in total. The van der Waals surface area contributed by atoms with E-state index in [2.05, 4.69) is 10.1 Å². The minimum Gasteiger partial charge on any atom is -0.452 e. The molecule has 0 radical (unpaired) electrons. The van der Waals surface area contributed by atoms with Gasteiger partial charge in [-0.25, -0.2) is 13.2 Å². The van der Waals surface area contributed by atoms with Gasteiger partial charge in [0.25, 0.3) is 5.91 Å². The normalized spacial score (nSPS) is 11.6. The number of hydrogen-bond acceptors (Lipinski definition) is 6. The van der Waals surface area contributed by atoms with Gasteiger partial charge in [0, 0.05) is 11.9 Å². The summed E-state index contributed by atoms with van der Waals surface area (Å²) in [5.74, 6) is -2.24. The van der Waals surface area contributed by atoms with Crippen molar-refractivity contribution in [3.05, 3.63) is 54.1 Å². The van der Waals surface area contributed by atoms with Crippen LogP contribution in [-0.4, -0.2) is 39.5 Å². The zero-order valence-electron chi connectivity index (χ0n) is 14.3. The van der Waals surface area contributed by atoms with Crippen LogP contribution >= 0.6 is 0 Å². The fourth-order valence-electron chi connectivity index (χ4n) is 2.10. The van der Waals surface area contributed by atoms with E-state index in [1.807, 2.05) is 0 Å². The maximum atomic E-state index is 12.1. The Morgan fingerprint density at radius 2 is 1.64 bits per heavy atom. The van der Waals surface area contributed by atoms with Gasteiger partial charge in [-0.15, -0.1) is 13.2 Å². The van der Waals surface area contributed by atoms with Gasteiger partial charge in [-0.05, 0) is 36.4 Å². The number of carbonyl (C=O) groups is 2. The van der Waals surface area contributed by atoms with Crippen LogP contribution in [-0.2, 0) is 19.4 Å². The van der Waals surface area contributed by atoms with E-state index in [0.717, 1.165) is 18.4 Å². The number of benzene rings is 2. The van der Waals surface area contributed by atoms with Crippen LogP contribution in [0.3, 0.4) is 0 Å². The van der Waals surface area contributed by atoms with Crippen LogP contribution < -0.4 is 10.1 Å². The molecule has 1 amide bonds. The number of ether oxygens (including phenoxy) is 2. The van der Waals surface area contributed by atoms with E-state index < -0.39 is 40.4 Å². The predicted molar refractivity (Wildman–Crippen MR) is 91.6 cm³/mol. The van der Waals surface area contributed by atoms with Crippen molar-refractivity contribution in [1.29, 1.82) is 0 Å². The van der Waals surface area contributed by atoms with Crippen LogP contribution in [0.4, 0.5) is 18.9 Å². The first-order chi connectivity index (χ1) is 13.0. The number of rotatable bonds is 6. The molecule has 0 unspecified atom stereocenters. The standard InChI is InChI=1S/C17H14F3NO6S/c1-28(24,25)14-5-3-2-4-13(14)16(23)26-10-15(22)21-11-6-8-12(9-7-11)27-17(18,19)20/h2-9H,10H2,1H3,(H,21,22). The lowest BCUT2D eigenvalue weighted by molar-refractivity contribution is -0.274. The number of sulfone groups is 1. The van der Waals surface area contributed by atoms with E-state index in [1.54, 1.807) is 0 Å². The topological polar surface area (TPSA) is 98.8 Å². The lowest BCUT2D eigenvalue weighted by Gasteiger charge is -2.10. The Kier molecular flexibility index (Phi) is 6.29. The van der Waals surface area contributed by atoms with Crippen molar-refractivity contribution in [2.45, 2.75) is 11.3 Å². The molecule has 2 rings (SSSR count). The molecule has 0 fully saturated rings. The number of halogens is 3. The first-order valence-electron chi connectivity index (χ1n) is 7.57. The summed E-state index contributed by atoms with van der Waals surface area (Å²) in [6.07, 6.45) is -3.90. The molecule has 2 aromatic rings. The maximum Gasteiger partial charge on any atom is 0.573 e. The number of esters is 1. The van der Waals surface area contributed by atoms with E-state index in [0.29, 0.717) is 0 Å². The van der Waals surface area contributed by atoms with Crippen LogP contribution in [0.2, 0.25) is 0 Å². The van der Waals surface area contributed by atoms with Crippen molar-refractivity contribution in [3.63, 3.8) is 0 Å². The monoisotopic (exact) mass is 417 g/mol. The summed E-state index contributed by atoms with van der Waals surface area (Å²) >= 11 is 0. The fraction of sp³-hybridized carbons (Fsp3) is 0.176. The number of anilines is 1. The van der Waals surface area contributed by atoms with Gasteiger partial charge in [0.15, 0.2) is 16.4 Å². The smallest absolute Gasteiger partial charge is 0.452 e. The average molecular weight is 417 g/mol. The summed E-state index contributed by atoms with van der Waals surface area (Å²) in [6, 6.07) is 9.68. The van der Waals surface area contributed by atoms with Gasteiger partial charge in [-0.2, -0.15) is 0 Å². The second kappa shape index (κ2) is 8.30. The van der Waals surface area contributed by atoms with E-state index in [-0.39, 0.29) is 16.1 Å². The van der Waals surface area contributed by atoms with Crippen molar-refractivity contribution in [2.75, 3.05) is 18.2 Å². The third-order valence-electron chi connectivity index (χ3n) is 3.21. The Hall–Kier alpha value is -3.08. The molecule has 0 aliphatic carbocycles. The third-order valence-corrected chi connectivity index (χ3v) is 4.37. The molecular formula is C17H14F3NO6S. The van der Waals surface area contributed by atoms with Crippen LogP contribution in [0.5, 0.6) is 5.75 Å². The minimum absolute atomic E-state index is 0.145. The van der Waals surface area contributed by atoms with Crippen LogP contribution in [0.15, 0.2) is 53.4 Å². The molecule has 0 saturated carbocycles. The Morgan fingerprint density at radius 3 is 2.21 bits per heavy atom. The van der Waals surface area contributed by atoms with E-state index in [4.69, 9.17) is 4.74 Å². The molecule has 0 bridgehead atoms. The molecule has 28 heavy (non-hydrogen) atoms. The van der Waals surface area contributed by atoms with Crippen molar-refractivity contribution < 1.29 is 40.7 Å². The molecule has 0 saturated heterocycles. The summed E-state index contributed by atoms with van der Waals surface area (Å²) in [5.41, 5.74) is -0.0708. The largest absolute Gasteiger partial charge is 0.573 e. The van der Waals surface area contributed by atoms with Gasteiger partial charge in [-0.1, -0.05) is 12.1 Å². The number of alkyl halides is 3. The van der Waals surface area contributed by atoms with Crippen molar-refractivity contribution in [2.24, 2.45) is 0 Å². The Morgan fingerprint density at radius 1 is 1.04 bits per heavy atom. The summed E-state index contributed by atoms with van der Waals surface area (Å²) in [5, 5.41) is 2.31. The molecule has 2 aromatic carbocycles. The second-order valence-corrected chi connectivity index (χ2v) is 7.45. The van der Waals surface area contributed by atoms with E-state index in [1.165, 1.54) is 36.4 Å². The molecule has 11 heteroatoms. The maximum absolute atomic E-state index is 12.1. The van der Waals surface area contributed by atoms with Gasteiger partial charge >= 0.3 is 12.3 Å². The molecule has 0 aliphatic rings. The minimum atomic E-state index is -4.83. The molecular weight excluding hydrogens is 403 g/mol. The zero-order chi connectivity index (χ0) is 20.9. The highest BCUT2D eigenvalue weighted by Gasteiger charge is 2.31. The highest BCUT2D eigenvalue weighted by molar-refractivity contribution is 7.90. The Labute approximate surface area is 158 Å². The summed E-state index contributed by atoms with van der Waals surface area (Å²) in [7, 11) is -3.68. The summed E-state index contributed by atoms with van der Waals surface area (Å²) < 4.78 is 68.1. The molecule has 7 nitrogen and oxygen atoms in total. The quantitative estimate of drug-likeness (QED) is 0.726. The highest BCUT2D eigenvalue weighted by atomic mass is 32.2. The number of hydrogen-bond donors (Lipinski definition) is 1. The lowest BCUT2D eigenvalue weighted by Crippen LogP contribution is -2.22. The number of nitrogens with one attached hydrogen (secondary N) is 1. The Bertz CT molecular complexity index is 971. The zero-order valence-corrected chi connectivity index (χ0v) is 15.1. The third kappa shape index (κ3) is 6.27. The average Bonchev–Trinajstić information content (AvgIpc) is 2.59. The van der Waals surface area contributed by atoms with Crippen molar-refractivity contribution >= 4 is 27.4 Å². The van der Waals surface area contributed by atoms with Gasteiger partial charge in [-0.3, -0.25) is 4.79 Å². The summed E-state index contributed by atoms with van der Waals surface area (Å²) in [6.45, 7) is -0.724. The number of amides is 1. The van der Waals surface area contributed by atoms with Gasteiger partial charge in [0.2, 0.25) is 0 Å². The predicted octanol–water partition coefficient (Wildman–Crippen LogP) is 2.78. The van der Waals surface area contributed by atoms with Crippen molar-refractivity contribution in [3.8, 4) is 5.75 Å². The molecule has 0 heterocycles. The molecule has 0 aliphatic heterocycles. The second-order valence-electron chi connectivity index (χ2n) is 5.46. The lowest BCUT2D eigenvalue weighted by atomic mass is 10.2. The van der Waals surface area contributed by atoms with Gasteiger partial charge in [0.05, 0.1) is 10.5 Å². The molecule has 150 valence electrons. The number of carbonyl (C=O) groups excluding carboxylic acids is 2. The van der Waals surface area contributed by atoms with Crippen LogP contribution in [0.25, 0.3) is 0 Å². The van der Waals surface area contributed by atoms with E-state index >= 15 is 0 Å². The van der Waals surface area contributed by atoms with Crippen LogP contribution in [0, 0.1) is 0 Å². The van der Waals surface area contributed by atoms with Gasteiger partial charge < -0.3 is 14.8 Å². The SMILES string of the molecule is CS(=O)(=O)c1ccccc1C(=O)OCC(=O)Nc1ccc(OC(F)(F)F)cc1. The molecule has 0 aromatic heterocycles. The highest BCUT2D eigenvalue weighted by Crippen LogP contribution is 2.24. The first-order valence-corrected chi connectivity index (χ1v) is 9.47. The fourth-order valence-corrected chi connectivity index (χ4v) is 2.98. The molecule has 0 spiro atoms. The van der Waals surface area contributed by atoms with E-state index in [9.17, 15) is 31.2 Å². The van der Waals surface area contributed by atoms with Crippen LogP contribution in [0.1, 0.15) is 10.4 Å². The van der Waals surface area contributed by atoms with Gasteiger partial charge in [0.1, 0.15) is 5.75 Å². The first kappa shape index (κ1) is 21.2. The molecule has 0 atom stereocenters. The Balaban J connectivity index is 1.95. The summed E-state index contributed by atoms with van der Waals surface area (Å²) in [4.78, 5) is 23.6. The van der Waals surface area contributed by atoms with Crippen molar-refractivity contribution in [1.82, 2.24) is 0 Å².